The van der Waals surface area contributed by atoms with Gasteiger partial charge in [0.2, 0.25) is 5.91 Å². The van der Waals surface area contributed by atoms with Crippen LogP contribution in [0.2, 0.25) is 0 Å². The van der Waals surface area contributed by atoms with E-state index in [0.717, 1.165) is 33.2 Å². The van der Waals surface area contributed by atoms with E-state index in [1.54, 1.807) is 17.5 Å². The molecule has 0 saturated heterocycles. The maximum Gasteiger partial charge on any atom is 0.220 e. The number of aromatic nitrogens is 3. The van der Waals surface area contributed by atoms with E-state index in [1.165, 1.54) is 5.39 Å². The van der Waals surface area contributed by atoms with Crippen molar-refractivity contribution >= 4 is 28.1 Å². The van der Waals surface area contributed by atoms with Crippen molar-refractivity contribution in [1.29, 1.82) is 0 Å². The number of pyridine rings is 1. The van der Waals surface area contributed by atoms with Gasteiger partial charge < -0.3 is 10.3 Å². The van der Waals surface area contributed by atoms with Crippen LogP contribution in [0.1, 0.15) is 23.4 Å². The zero-order chi connectivity index (χ0) is 18.6. The predicted molar refractivity (Wildman–Crippen MR) is 109 cm³/mol. The SMILES string of the molecule is Cc1cc2cc(CNC(=O)CCc3csc(-c4ccccn4)n3)ccc2[nH]1. The van der Waals surface area contributed by atoms with Gasteiger partial charge in [-0.2, -0.15) is 0 Å². The van der Waals surface area contributed by atoms with E-state index in [1.807, 2.05) is 36.6 Å². The van der Waals surface area contributed by atoms with Gasteiger partial charge in [0, 0.05) is 35.8 Å². The van der Waals surface area contributed by atoms with Gasteiger partial charge in [-0.3, -0.25) is 9.78 Å². The summed E-state index contributed by atoms with van der Waals surface area (Å²) in [7, 11) is 0. The van der Waals surface area contributed by atoms with E-state index in [9.17, 15) is 4.79 Å². The maximum absolute atomic E-state index is 12.2. The smallest absolute Gasteiger partial charge is 0.220 e. The number of aryl methyl sites for hydroxylation is 2. The Morgan fingerprint density at radius 1 is 1.22 bits per heavy atom. The third-order valence-electron chi connectivity index (χ3n) is 4.35. The molecule has 0 unspecified atom stereocenters. The molecule has 3 heterocycles. The largest absolute Gasteiger partial charge is 0.359 e. The molecule has 0 radical (unpaired) electrons. The number of nitrogens with zero attached hydrogens (tertiary/aromatic N) is 2. The number of aromatic amines is 1. The number of nitrogens with one attached hydrogen (secondary N) is 2. The molecule has 0 saturated carbocycles. The van der Waals surface area contributed by atoms with Crippen LogP contribution < -0.4 is 5.32 Å². The summed E-state index contributed by atoms with van der Waals surface area (Å²) in [5, 5.41) is 7.05. The first-order chi connectivity index (χ1) is 13.2. The lowest BCUT2D eigenvalue weighted by Gasteiger charge is -2.05. The molecule has 5 nitrogen and oxygen atoms in total. The maximum atomic E-state index is 12.2. The molecular weight excluding hydrogens is 356 g/mol. The fourth-order valence-corrected chi connectivity index (χ4v) is 3.83. The summed E-state index contributed by atoms with van der Waals surface area (Å²) < 4.78 is 0. The minimum Gasteiger partial charge on any atom is -0.359 e. The van der Waals surface area contributed by atoms with Crippen molar-refractivity contribution < 1.29 is 4.79 Å². The Hall–Kier alpha value is -2.99. The third-order valence-corrected chi connectivity index (χ3v) is 5.27. The number of benzene rings is 1. The highest BCUT2D eigenvalue weighted by Gasteiger charge is 2.08. The summed E-state index contributed by atoms with van der Waals surface area (Å²) in [6, 6.07) is 14.1. The molecule has 6 heteroatoms. The molecule has 0 atom stereocenters. The molecule has 0 bridgehead atoms. The van der Waals surface area contributed by atoms with Crippen LogP contribution in [0.3, 0.4) is 0 Å². The molecule has 1 aromatic carbocycles. The molecular formula is C21H20N4OS. The lowest BCUT2D eigenvalue weighted by molar-refractivity contribution is -0.121. The minimum absolute atomic E-state index is 0.0349. The molecule has 0 spiro atoms. The number of H-pyrrole nitrogens is 1. The van der Waals surface area contributed by atoms with Crippen LogP contribution in [-0.2, 0) is 17.8 Å². The normalized spacial score (nSPS) is 11.0. The van der Waals surface area contributed by atoms with Crippen LogP contribution in [0.15, 0.2) is 54.0 Å². The first-order valence-electron chi connectivity index (χ1n) is 8.88. The van der Waals surface area contributed by atoms with Crippen LogP contribution in [0.25, 0.3) is 21.6 Å². The van der Waals surface area contributed by atoms with E-state index in [0.29, 0.717) is 19.4 Å². The second-order valence-electron chi connectivity index (χ2n) is 6.51. The summed E-state index contributed by atoms with van der Waals surface area (Å²) >= 11 is 1.56. The van der Waals surface area contributed by atoms with Crippen molar-refractivity contribution in [3.8, 4) is 10.7 Å². The highest BCUT2D eigenvalue weighted by Crippen LogP contribution is 2.22. The summed E-state index contributed by atoms with van der Waals surface area (Å²) in [5.41, 5.74) is 5.16. The second kappa shape index (κ2) is 7.72. The Morgan fingerprint density at radius 2 is 2.15 bits per heavy atom. The van der Waals surface area contributed by atoms with Gasteiger partial charge in [-0.25, -0.2) is 4.98 Å². The number of carbonyl (C=O) groups excluding carboxylic acids is 1. The Balaban J connectivity index is 1.30. The fraction of sp³-hybridized carbons (Fsp3) is 0.190. The molecule has 4 aromatic rings. The Kier molecular flexibility index (Phi) is 4.98. The highest BCUT2D eigenvalue weighted by atomic mass is 32.1. The Morgan fingerprint density at radius 3 is 3.00 bits per heavy atom. The molecule has 1 amide bonds. The van der Waals surface area contributed by atoms with Gasteiger partial charge in [-0.15, -0.1) is 11.3 Å². The van der Waals surface area contributed by atoms with Gasteiger partial charge in [0.05, 0.1) is 11.4 Å². The molecule has 0 fully saturated rings. The van der Waals surface area contributed by atoms with Crippen molar-refractivity contribution in [2.75, 3.05) is 0 Å². The van der Waals surface area contributed by atoms with Gasteiger partial charge >= 0.3 is 0 Å². The Labute approximate surface area is 161 Å². The van der Waals surface area contributed by atoms with Crippen molar-refractivity contribution in [2.24, 2.45) is 0 Å². The van der Waals surface area contributed by atoms with Crippen molar-refractivity contribution in [2.45, 2.75) is 26.3 Å². The van der Waals surface area contributed by atoms with Gasteiger partial charge in [0.25, 0.3) is 0 Å². The minimum atomic E-state index is 0.0349. The zero-order valence-electron chi connectivity index (χ0n) is 15.0. The molecule has 3 aromatic heterocycles. The van der Waals surface area contributed by atoms with Gasteiger partial charge in [0.15, 0.2) is 0 Å². The summed E-state index contributed by atoms with van der Waals surface area (Å²) in [6.07, 6.45) is 2.82. The average Bonchev–Trinajstić information content (AvgIpc) is 3.30. The predicted octanol–water partition coefficient (Wildman–Crippen LogP) is 4.24. The molecule has 2 N–H and O–H groups in total. The van der Waals surface area contributed by atoms with Crippen LogP contribution >= 0.6 is 11.3 Å². The molecule has 4 rings (SSSR count). The van der Waals surface area contributed by atoms with E-state index >= 15 is 0 Å². The average molecular weight is 376 g/mol. The quantitative estimate of drug-likeness (QED) is 0.529. The van der Waals surface area contributed by atoms with E-state index in [4.69, 9.17) is 0 Å². The van der Waals surface area contributed by atoms with E-state index in [2.05, 4.69) is 38.5 Å². The number of hydrogen-bond donors (Lipinski definition) is 2. The van der Waals surface area contributed by atoms with Crippen molar-refractivity contribution in [3.05, 3.63) is 71.0 Å². The Bertz CT molecular complexity index is 1070. The third kappa shape index (κ3) is 4.23. The number of thiazole rings is 1. The highest BCUT2D eigenvalue weighted by molar-refractivity contribution is 7.13. The fourth-order valence-electron chi connectivity index (χ4n) is 3.00. The summed E-state index contributed by atoms with van der Waals surface area (Å²) in [4.78, 5) is 24.4. The standard InChI is InChI=1S/C21H20N4OS/c1-14-10-16-11-15(5-7-18(16)24-14)12-23-20(26)8-6-17-13-27-21(25-17)19-4-2-3-9-22-19/h2-5,7,9-11,13,24H,6,8,12H2,1H3,(H,23,26). The van der Waals surface area contributed by atoms with Crippen molar-refractivity contribution in [1.82, 2.24) is 20.3 Å². The van der Waals surface area contributed by atoms with Crippen LogP contribution in [0.4, 0.5) is 0 Å². The number of amides is 1. The van der Waals surface area contributed by atoms with Gasteiger partial charge in [-0.05, 0) is 54.6 Å². The lowest BCUT2D eigenvalue weighted by atomic mass is 10.1. The topological polar surface area (TPSA) is 70.7 Å². The first-order valence-corrected chi connectivity index (χ1v) is 9.76. The van der Waals surface area contributed by atoms with E-state index in [-0.39, 0.29) is 5.91 Å². The van der Waals surface area contributed by atoms with Crippen LogP contribution in [-0.4, -0.2) is 20.9 Å². The van der Waals surface area contributed by atoms with Crippen molar-refractivity contribution in [3.63, 3.8) is 0 Å². The van der Waals surface area contributed by atoms with Gasteiger partial charge in [0.1, 0.15) is 5.01 Å². The first kappa shape index (κ1) is 17.4. The van der Waals surface area contributed by atoms with Crippen LogP contribution in [0, 0.1) is 6.92 Å². The van der Waals surface area contributed by atoms with Gasteiger partial charge in [-0.1, -0.05) is 12.1 Å². The summed E-state index contributed by atoms with van der Waals surface area (Å²) in [5.74, 6) is 0.0349. The number of carbonyl (C=O) groups is 1. The monoisotopic (exact) mass is 376 g/mol. The second-order valence-corrected chi connectivity index (χ2v) is 7.37. The van der Waals surface area contributed by atoms with Crippen LogP contribution in [0.5, 0.6) is 0 Å². The zero-order valence-corrected chi connectivity index (χ0v) is 15.8. The summed E-state index contributed by atoms with van der Waals surface area (Å²) in [6.45, 7) is 2.58. The molecule has 0 aliphatic heterocycles. The number of hydrogen-bond acceptors (Lipinski definition) is 4. The molecule has 136 valence electrons. The molecule has 0 aliphatic carbocycles. The number of rotatable bonds is 6. The molecule has 0 aliphatic rings. The lowest BCUT2D eigenvalue weighted by Crippen LogP contribution is -2.23. The molecule has 27 heavy (non-hydrogen) atoms. The number of fused-ring (bicyclic) bond motifs is 1. The van der Waals surface area contributed by atoms with E-state index < -0.39 is 0 Å².